The van der Waals surface area contributed by atoms with Crippen molar-refractivity contribution < 1.29 is 24.6 Å². The number of ketones is 1. The van der Waals surface area contributed by atoms with Crippen molar-refractivity contribution in [3.63, 3.8) is 0 Å². The largest absolute Gasteiger partial charge is 0.481 e. The van der Waals surface area contributed by atoms with Crippen LogP contribution in [0.5, 0.6) is 0 Å². The van der Waals surface area contributed by atoms with Gasteiger partial charge in [-0.25, -0.2) is 4.39 Å². The molecule has 0 amide bonds. The fourth-order valence-corrected chi connectivity index (χ4v) is 0.962. The van der Waals surface area contributed by atoms with Crippen LogP contribution >= 0.6 is 0 Å². The molecule has 1 rings (SSSR count). The molecule has 3 nitrogen and oxygen atoms in total. The molecule has 80 valence electrons. The Morgan fingerprint density at radius 3 is 2.40 bits per heavy atom. The lowest BCUT2D eigenvalue weighted by molar-refractivity contribution is -0.137. The highest BCUT2D eigenvalue weighted by Crippen LogP contribution is 2.08. The second-order valence-corrected chi connectivity index (χ2v) is 2.86. The highest BCUT2D eigenvalue weighted by Gasteiger charge is 2.06. The Labute approximate surface area is 92.2 Å². The fourth-order valence-electron chi connectivity index (χ4n) is 0.962. The molecule has 0 saturated carbocycles. The van der Waals surface area contributed by atoms with Gasteiger partial charge >= 0.3 is 5.97 Å². The molecule has 1 N–H and O–H groups in total. The number of benzene rings is 1. The van der Waals surface area contributed by atoms with Gasteiger partial charge in [-0.3, -0.25) is 9.59 Å². The van der Waals surface area contributed by atoms with Crippen LogP contribution in [0.3, 0.4) is 0 Å². The molecule has 1 aromatic rings. The highest BCUT2D eigenvalue weighted by atomic mass is 19.1. The van der Waals surface area contributed by atoms with Gasteiger partial charge in [0, 0.05) is 18.4 Å². The summed E-state index contributed by atoms with van der Waals surface area (Å²) in [7, 11) is 0. The van der Waals surface area contributed by atoms with Crippen molar-refractivity contribution in [1.29, 1.82) is 0 Å². The van der Waals surface area contributed by atoms with Crippen molar-refractivity contribution in [3.05, 3.63) is 35.6 Å². The van der Waals surface area contributed by atoms with Gasteiger partial charge in [0.15, 0.2) is 5.78 Å². The van der Waals surface area contributed by atoms with Crippen LogP contribution in [0.2, 0.25) is 0 Å². The lowest BCUT2D eigenvalue weighted by atomic mass is 10.1. The lowest BCUT2D eigenvalue weighted by Crippen LogP contribution is -2.01. The van der Waals surface area contributed by atoms with E-state index in [1.54, 1.807) is 0 Å². The van der Waals surface area contributed by atoms with Crippen molar-refractivity contribution in [2.24, 2.45) is 0 Å². The second kappa shape index (κ2) is 5.24. The number of hydrogen-bond acceptors (Lipinski definition) is 2. The van der Waals surface area contributed by atoms with E-state index in [1.165, 1.54) is 0 Å². The third kappa shape index (κ3) is 3.89. The Kier molecular flexibility index (Phi) is 2.35. The van der Waals surface area contributed by atoms with Crippen LogP contribution in [-0.2, 0) is 4.79 Å². The maximum Gasteiger partial charge on any atom is 0.303 e. The molecule has 0 heterocycles. The summed E-state index contributed by atoms with van der Waals surface area (Å²) < 4.78 is 42.7. The standard InChI is InChI=1S/C11H11FO3/c12-9-6-4-8(5-7-9)10(13)2-1-3-11(14)15/h4-7H,1-3H2,(H,14,15)/i4D,5D,6D,7D. The Balaban J connectivity index is 3.07. The van der Waals surface area contributed by atoms with E-state index in [2.05, 4.69) is 0 Å². The zero-order valence-corrected chi connectivity index (χ0v) is 7.76. The first-order valence-corrected chi connectivity index (χ1v) is 4.28. The fraction of sp³-hybridized carbons (Fsp3) is 0.273. The van der Waals surface area contributed by atoms with Crippen LogP contribution in [0.25, 0.3) is 0 Å². The van der Waals surface area contributed by atoms with Gasteiger partial charge in [0.2, 0.25) is 0 Å². The lowest BCUT2D eigenvalue weighted by Gasteiger charge is -1.99. The summed E-state index contributed by atoms with van der Waals surface area (Å²) in [4.78, 5) is 22.1. The van der Waals surface area contributed by atoms with Crippen LogP contribution < -0.4 is 0 Å². The van der Waals surface area contributed by atoms with E-state index < -0.39 is 47.3 Å². The van der Waals surface area contributed by atoms with Crippen molar-refractivity contribution in [3.8, 4) is 0 Å². The third-order valence-electron chi connectivity index (χ3n) is 1.67. The number of carboxylic acid groups (broad SMARTS) is 1. The van der Waals surface area contributed by atoms with Gasteiger partial charge < -0.3 is 5.11 Å². The number of carbonyl (C=O) groups excluding carboxylic acids is 1. The summed E-state index contributed by atoms with van der Waals surface area (Å²) in [6, 6.07) is -3.28. The molecular formula is C11H11FO3. The van der Waals surface area contributed by atoms with Crippen molar-refractivity contribution in [1.82, 2.24) is 0 Å². The smallest absolute Gasteiger partial charge is 0.303 e. The van der Waals surface area contributed by atoms with Gasteiger partial charge in [-0.15, -0.1) is 0 Å². The molecular weight excluding hydrogens is 199 g/mol. The average Bonchev–Trinajstić information content (AvgIpc) is 2.34. The van der Waals surface area contributed by atoms with E-state index in [1.807, 2.05) is 0 Å². The molecule has 0 aliphatic rings. The first-order valence-electron chi connectivity index (χ1n) is 6.28. The molecule has 0 radical (unpaired) electrons. The SMILES string of the molecule is [2H]c1c([2H])c(C(=O)CCCC(=O)O)c([2H])c([2H])c1F. The number of carboxylic acids is 1. The molecule has 0 bridgehead atoms. The normalized spacial score (nSPS) is 13.7. The van der Waals surface area contributed by atoms with Crippen molar-refractivity contribution in [2.45, 2.75) is 19.3 Å². The van der Waals surface area contributed by atoms with E-state index in [4.69, 9.17) is 10.6 Å². The number of halogens is 1. The van der Waals surface area contributed by atoms with E-state index in [-0.39, 0.29) is 19.3 Å². The summed E-state index contributed by atoms with van der Waals surface area (Å²) in [6.45, 7) is 0. The zero-order chi connectivity index (χ0) is 14.7. The first-order chi connectivity index (χ1) is 8.77. The molecule has 4 heteroatoms. The Morgan fingerprint density at radius 2 is 1.87 bits per heavy atom. The van der Waals surface area contributed by atoms with Crippen molar-refractivity contribution in [2.75, 3.05) is 0 Å². The molecule has 0 aromatic heterocycles. The van der Waals surface area contributed by atoms with Gasteiger partial charge in [0.1, 0.15) is 5.82 Å². The number of aliphatic carboxylic acids is 1. The van der Waals surface area contributed by atoms with Crippen LogP contribution in [0.1, 0.15) is 35.1 Å². The molecule has 1 aromatic carbocycles. The van der Waals surface area contributed by atoms with Crippen LogP contribution in [0, 0.1) is 5.82 Å². The first kappa shape index (κ1) is 6.71. The Bertz CT molecular complexity index is 516. The summed E-state index contributed by atoms with van der Waals surface area (Å²) in [5.74, 6) is -3.11. The third-order valence-corrected chi connectivity index (χ3v) is 1.67. The predicted molar refractivity (Wildman–Crippen MR) is 52.2 cm³/mol. The second-order valence-electron chi connectivity index (χ2n) is 2.86. The minimum atomic E-state index is -1.31. The summed E-state index contributed by atoms with van der Waals surface area (Å²) in [5.41, 5.74) is -0.498. The molecule has 0 aliphatic heterocycles. The Morgan fingerprint density at radius 1 is 1.27 bits per heavy atom. The predicted octanol–water partition coefficient (Wildman–Crippen LogP) is 2.26. The van der Waals surface area contributed by atoms with Crippen LogP contribution in [-0.4, -0.2) is 16.9 Å². The van der Waals surface area contributed by atoms with Gasteiger partial charge in [0.25, 0.3) is 0 Å². The van der Waals surface area contributed by atoms with E-state index in [9.17, 15) is 14.0 Å². The highest BCUT2D eigenvalue weighted by molar-refractivity contribution is 5.96. The summed E-state index contributed by atoms with van der Waals surface area (Å²) in [6.07, 6.45) is -0.450. The average molecular weight is 214 g/mol. The van der Waals surface area contributed by atoms with Gasteiger partial charge in [-0.1, -0.05) is 0 Å². The van der Waals surface area contributed by atoms with Crippen LogP contribution in [0.15, 0.2) is 24.2 Å². The number of rotatable bonds is 5. The molecule has 0 saturated heterocycles. The van der Waals surface area contributed by atoms with E-state index in [0.717, 1.165) is 0 Å². The monoisotopic (exact) mass is 214 g/mol. The summed E-state index contributed by atoms with van der Waals surface area (Å²) in [5, 5.41) is 8.44. The minimum absolute atomic E-state index is 0.0189. The van der Waals surface area contributed by atoms with Gasteiger partial charge in [-0.05, 0) is 30.6 Å². The minimum Gasteiger partial charge on any atom is -0.481 e. The molecule has 0 aliphatic carbocycles. The molecule has 15 heavy (non-hydrogen) atoms. The number of carbonyl (C=O) groups is 2. The van der Waals surface area contributed by atoms with Crippen LogP contribution in [0.4, 0.5) is 4.39 Å². The number of Topliss-reactive ketones (excluding diaryl/α,β-unsaturated/α-hetero) is 1. The van der Waals surface area contributed by atoms with Gasteiger partial charge in [-0.2, -0.15) is 0 Å². The molecule has 0 fully saturated rings. The topological polar surface area (TPSA) is 54.4 Å². The van der Waals surface area contributed by atoms with Crippen molar-refractivity contribution >= 4 is 11.8 Å². The van der Waals surface area contributed by atoms with E-state index >= 15 is 0 Å². The maximum atomic E-state index is 13.2. The molecule has 0 unspecified atom stereocenters. The summed E-state index contributed by atoms with van der Waals surface area (Å²) >= 11 is 0. The molecule has 0 atom stereocenters. The Hall–Kier alpha value is -1.71. The maximum absolute atomic E-state index is 13.2. The zero-order valence-electron chi connectivity index (χ0n) is 11.8. The van der Waals surface area contributed by atoms with E-state index in [0.29, 0.717) is 0 Å². The molecule has 0 spiro atoms. The van der Waals surface area contributed by atoms with Gasteiger partial charge in [0.05, 0.1) is 5.48 Å². The quantitative estimate of drug-likeness (QED) is 0.765. The number of hydrogen-bond donors (Lipinski definition) is 1.